The highest BCUT2D eigenvalue weighted by Gasteiger charge is 2.24. The third-order valence-electron chi connectivity index (χ3n) is 4.50. The zero-order chi connectivity index (χ0) is 22.4. The molecule has 0 unspecified atom stereocenters. The summed E-state index contributed by atoms with van der Waals surface area (Å²) in [4.78, 5) is 40.9. The van der Waals surface area contributed by atoms with Gasteiger partial charge in [-0.05, 0) is 38.0 Å². The van der Waals surface area contributed by atoms with Crippen LogP contribution in [0.3, 0.4) is 0 Å². The number of nitrogens with one attached hydrogen (secondary N) is 2. The second-order valence-electron chi connectivity index (χ2n) is 6.83. The van der Waals surface area contributed by atoms with E-state index >= 15 is 0 Å². The summed E-state index contributed by atoms with van der Waals surface area (Å²) in [5, 5.41) is 7.36. The normalized spacial score (nSPS) is 12.6. The maximum Gasteiger partial charge on any atom is 0.329 e. The lowest BCUT2D eigenvalue weighted by Crippen LogP contribution is -2.42. The molecule has 8 nitrogen and oxygen atoms in total. The molecule has 2 N–H and O–H groups in total. The number of nitrogens with zero attached hydrogens (tertiary/aromatic N) is 1. The summed E-state index contributed by atoms with van der Waals surface area (Å²) in [6, 6.07) is 10.1. The van der Waals surface area contributed by atoms with Gasteiger partial charge in [-0.15, -0.1) is 11.3 Å². The zero-order valence-electron chi connectivity index (χ0n) is 17.4. The van der Waals surface area contributed by atoms with Crippen molar-refractivity contribution < 1.29 is 23.5 Å². The summed E-state index contributed by atoms with van der Waals surface area (Å²) in [7, 11) is 0. The molecule has 1 aromatic carbocycles. The van der Waals surface area contributed by atoms with Crippen LogP contribution in [-0.4, -0.2) is 34.9 Å². The number of aromatic nitrogens is 1. The Bertz CT molecular complexity index is 1040. The third kappa shape index (κ3) is 5.79. The molecule has 2 heterocycles. The smallest absolute Gasteiger partial charge is 0.329 e. The average molecular weight is 442 g/mol. The fourth-order valence-electron chi connectivity index (χ4n) is 2.65. The second kappa shape index (κ2) is 10.0. The Morgan fingerprint density at radius 2 is 1.90 bits per heavy atom. The number of carbonyl (C=O) groups excluding carboxylic acids is 3. The van der Waals surface area contributed by atoms with E-state index in [0.717, 1.165) is 17.7 Å². The molecular weight excluding hydrogens is 418 g/mol. The van der Waals surface area contributed by atoms with E-state index in [1.165, 1.54) is 43.1 Å². The molecular formula is C22H23N3O5S. The Morgan fingerprint density at radius 1 is 1.16 bits per heavy atom. The first-order chi connectivity index (χ1) is 14.9. The van der Waals surface area contributed by atoms with Gasteiger partial charge in [-0.2, -0.15) is 0 Å². The van der Waals surface area contributed by atoms with Gasteiger partial charge < -0.3 is 14.5 Å². The molecule has 0 bridgehead atoms. The van der Waals surface area contributed by atoms with Crippen LogP contribution in [0.15, 0.2) is 52.5 Å². The molecule has 2 amide bonds. The van der Waals surface area contributed by atoms with Gasteiger partial charge in [-0.1, -0.05) is 31.2 Å². The number of hydrogen-bond acceptors (Lipinski definition) is 7. The zero-order valence-corrected chi connectivity index (χ0v) is 18.2. The topological polar surface area (TPSA) is 111 Å². The van der Waals surface area contributed by atoms with Gasteiger partial charge in [0.25, 0.3) is 11.8 Å². The number of furan rings is 1. The van der Waals surface area contributed by atoms with Crippen LogP contribution in [0.25, 0.3) is 11.3 Å². The molecule has 31 heavy (non-hydrogen) atoms. The number of benzene rings is 1. The predicted molar refractivity (Wildman–Crippen MR) is 117 cm³/mol. The molecule has 0 saturated carbocycles. The lowest BCUT2D eigenvalue weighted by atomic mass is 10.1. The van der Waals surface area contributed by atoms with Gasteiger partial charge in [0, 0.05) is 10.9 Å². The molecule has 0 aliphatic rings. The van der Waals surface area contributed by atoms with Crippen molar-refractivity contribution in [1.29, 1.82) is 0 Å². The molecule has 0 fully saturated rings. The molecule has 0 saturated heterocycles. The summed E-state index contributed by atoms with van der Waals surface area (Å²) < 4.78 is 10.1. The number of esters is 1. The van der Waals surface area contributed by atoms with Crippen LogP contribution in [0.1, 0.15) is 36.9 Å². The first-order valence-electron chi connectivity index (χ1n) is 9.78. The Kier molecular flexibility index (Phi) is 7.19. The number of thiazole rings is 1. The van der Waals surface area contributed by atoms with Gasteiger partial charge in [0.1, 0.15) is 6.04 Å². The number of hydrogen-bond donors (Lipinski definition) is 2. The van der Waals surface area contributed by atoms with E-state index in [2.05, 4.69) is 22.5 Å². The maximum atomic E-state index is 12.4. The Morgan fingerprint density at radius 3 is 2.55 bits per heavy atom. The molecule has 2 atom stereocenters. The highest BCUT2D eigenvalue weighted by atomic mass is 32.1. The quantitative estimate of drug-likeness (QED) is 0.516. The average Bonchev–Trinajstić information content (AvgIpc) is 3.46. The van der Waals surface area contributed by atoms with Crippen LogP contribution in [0.2, 0.25) is 0 Å². The Balaban J connectivity index is 1.52. The third-order valence-corrected chi connectivity index (χ3v) is 5.26. The minimum atomic E-state index is -1.06. The van der Waals surface area contributed by atoms with Crippen LogP contribution in [0.4, 0.5) is 5.13 Å². The number of ether oxygens (including phenoxy) is 1. The predicted octanol–water partition coefficient (Wildman–Crippen LogP) is 3.65. The molecule has 0 radical (unpaired) electrons. The van der Waals surface area contributed by atoms with Crippen LogP contribution in [-0.2, 0) is 20.7 Å². The van der Waals surface area contributed by atoms with Crippen molar-refractivity contribution >= 4 is 34.3 Å². The number of carbonyl (C=O) groups is 3. The second-order valence-corrected chi connectivity index (χ2v) is 7.69. The van der Waals surface area contributed by atoms with Gasteiger partial charge in [0.15, 0.2) is 17.0 Å². The Labute approximate surface area is 183 Å². The van der Waals surface area contributed by atoms with Gasteiger partial charge in [-0.25, -0.2) is 9.78 Å². The standard InChI is InChI=1S/C22H23N3O5S/c1-4-15-7-9-16(10-8-15)17-12-31-22(24-17)25-19(26)14(3)30-21(28)13(2)23-20(27)18-6-5-11-29-18/h5-14H,4H2,1-3H3,(H,23,27)(H,24,25,26)/t13-,14-/m1/s1. The van der Waals surface area contributed by atoms with Crippen molar-refractivity contribution in [2.24, 2.45) is 0 Å². The molecule has 3 rings (SSSR count). The number of aryl methyl sites for hydroxylation is 1. The largest absolute Gasteiger partial charge is 0.459 e. The van der Waals surface area contributed by atoms with E-state index < -0.39 is 29.9 Å². The lowest BCUT2D eigenvalue weighted by molar-refractivity contribution is -0.154. The molecule has 0 aliphatic heterocycles. The summed E-state index contributed by atoms with van der Waals surface area (Å²) >= 11 is 1.28. The van der Waals surface area contributed by atoms with E-state index in [4.69, 9.17) is 9.15 Å². The van der Waals surface area contributed by atoms with Gasteiger partial charge in [-0.3, -0.25) is 14.9 Å². The monoisotopic (exact) mass is 441 g/mol. The van der Waals surface area contributed by atoms with Gasteiger partial charge in [0.2, 0.25) is 0 Å². The molecule has 0 aliphatic carbocycles. The summed E-state index contributed by atoms with van der Waals surface area (Å²) in [5.74, 6) is -1.72. The van der Waals surface area contributed by atoms with E-state index in [1.54, 1.807) is 6.07 Å². The number of amides is 2. The molecule has 2 aromatic heterocycles. The number of anilines is 1. The van der Waals surface area contributed by atoms with Gasteiger partial charge >= 0.3 is 5.97 Å². The summed E-state index contributed by atoms with van der Waals surface area (Å²) in [6.07, 6.45) is 1.25. The molecule has 0 spiro atoms. The summed E-state index contributed by atoms with van der Waals surface area (Å²) in [5.41, 5.74) is 2.94. The fourth-order valence-corrected chi connectivity index (χ4v) is 3.37. The van der Waals surface area contributed by atoms with Crippen molar-refractivity contribution in [2.75, 3.05) is 5.32 Å². The van der Waals surface area contributed by atoms with E-state index in [-0.39, 0.29) is 5.76 Å². The highest BCUT2D eigenvalue weighted by molar-refractivity contribution is 7.14. The maximum absolute atomic E-state index is 12.4. The first-order valence-corrected chi connectivity index (χ1v) is 10.7. The van der Waals surface area contributed by atoms with E-state index in [0.29, 0.717) is 5.13 Å². The lowest BCUT2D eigenvalue weighted by Gasteiger charge is -2.16. The van der Waals surface area contributed by atoms with Crippen molar-refractivity contribution in [3.8, 4) is 11.3 Å². The highest BCUT2D eigenvalue weighted by Crippen LogP contribution is 2.25. The summed E-state index contributed by atoms with van der Waals surface area (Å²) in [6.45, 7) is 5.00. The minimum absolute atomic E-state index is 0.0781. The minimum Gasteiger partial charge on any atom is -0.459 e. The number of rotatable bonds is 8. The van der Waals surface area contributed by atoms with Crippen molar-refractivity contribution in [3.63, 3.8) is 0 Å². The SMILES string of the molecule is CCc1ccc(-c2csc(NC(=O)[C@@H](C)OC(=O)[C@@H](C)NC(=O)c3ccco3)n2)cc1. The van der Waals surface area contributed by atoms with Crippen LogP contribution in [0.5, 0.6) is 0 Å². The van der Waals surface area contributed by atoms with E-state index in [9.17, 15) is 14.4 Å². The van der Waals surface area contributed by atoms with Crippen LogP contribution in [0, 0.1) is 0 Å². The fraction of sp³-hybridized carbons (Fsp3) is 0.273. The van der Waals surface area contributed by atoms with Gasteiger partial charge in [0.05, 0.1) is 12.0 Å². The Hall–Kier alpha value is -3.46. The van der Waals surface area contributed by atoms with Crippen LogP contribution >= 0.6 is 11.3 Å². The van der Waals surface area contributed by atoms with Crippen LogP contribution < -0.4 is 10.6 Å². The molecule has 9 heteroatoms. The van der Waals surface area contributed by atoms with Crippen molar-refractivity contribution in [1.82, 2.24) is 10.3 Å². The van der Waals surface area contributed by atoms with Crippen molar-refractivity contribution in [3.05, 3.63) is 59.4 Å². The van der Waals surface area contributed by atoms with E-state index in [1.807, 2.05) is 29.6 Å². The molecule has 3 aromatic rings. The first kappa shape index (κ1) is 22.2. The van der Waals surface area contributed by atoms with Crippen molar-refractivity contribution in [2.45, 2.75) is 39.3 Å². The molecule has 162 valence electrons.